The summed E-state index contributed by atoms with van der Waals surface area (Å²) in [6.45, 7) is 5.72. The molecule has 2 rings (SSSR count). The van der Waals surface area contributed by atoms with Crippen LogP contribution < -0.4 is 10.5 Å². The summed E-state index contributed by atoms with van der Waals surface area (Å²) >= 11 is 0. The monoisotopic (exact) mass is 277 g/mol. The number of halogens is 1. The van der Waals surface area contributed by atoms with Crippen molar-refractivity contribution in [2.75, 3.05) is 0 Å². The van der Waals surface area contributed by atoms with Crippen molar-refractivity contribution in [1.29, 1.82) is 0 Å². The van der Waals surface area contributed by atoms with Crippen molar-refractivity contribution in [3.8, 4) is 5.75 Å². The van der Waals surface area contributed by atoms with E-state index in [0.29, 0.717) is 11.5 Å². The van der Waals surface area contributed by atoms with Crippen LogP contribution in [0.25, 0.3) is 0 Å². The lowest BCUT2D eigenvalue weighted by Crippen LogP contribution is -2.31. The fourth-order valence-corrected chi connectivity index (χ4v) is 2.01. The van der Waals surface area contributed by atoms with Crippen molar-refractivity contribution in [3.05, 3.63) is 53.2 Å². The zero-order valence-electron chi connectivity index (χ0n) is 12.0. The first-order chi connectivity index (χ1) is 9.51. The average Bonchev–Trinajstić information content (AvgIpc) is 2.85. The number of aryl methyl sites for hydroxylation is 2. The number of hydrogen-bond acceptors (Lipinski definition) is 3. The molecule has 0 spiro atoms. The molecule has 0 bridgehead atoms. The first kappa shape index (κ1) is 14.6. The molecular formula is C16H20FNO2. The number of ether oxygens (including phenoxy) is 1. The summed E-state index contributed by atoms with van der Waals surface area (Å²) < 4.78 is 24.9. The SMILES string of the molecule is CCC(N)C(Oc1cc(F)ccc1C)c1ccc(C)o1. The van der Waals surface area contributed by atoms with Crippen LogP contribution in [-0.2, 0) is 0 Å². The number of benzene rings is 1. The summed E-state index contributed by atoms with van der Waals surface area (Å²) in [6.07, 6.45) is 0.313. The lowest BCUT2D eigenvalue weighted by atomic mass is 10.1. The predicted molar refractivity (Wildman–Crippen MR) is 76.2 cm³/mol. The zero-order valence-corrected chi connectivity index (χ0v) is 12.0. The molecule has 20 heavy (non-hydrogen) atoms. The number of nitrogens with two attached hydrogens (primary N) is 1. The first-order valence-electron chi connectivity index (χ1n) is 6.76. The second-order valence-electron chi connectivity index (χ2n) is 4.97. The number of furan rings is 1. The quantitative estimate of drug-likeness (QED) is 0.901. The topological polar surface area (TPSA) is 48.4 Å². The Kier molecular flexibility index (Phi) is 4.45. The van der Waals surface area contributed by atoms with Crippen LogP contribution in [0.4, 0.5) is 4.39 Å². The third-order valence-electron chi connectivity index (χ3n) is 3.31. The number of rotatable bonds is 5. The van der Waals surface area contributed by atoms with Gasteiger partial charge in [0.1, 0.15) is 23.1 Å². The van der Waals surface area contributed by atoms with Gasteiger partial charge in [-0.15, -0.1) is 0 Å². The van der Waals surface area contributed by atoms with Gasteiger partial charge in [-0.2, -0.15) is 0 Å². The van der Waals surface area contributed by atoms with E-state index in [1.54, 1.807) is 6.07 Å². The lowest BCUT2D eigenvalue weighted by molar-refractivity contribution is 0.142. The van der Waals surface area contributed by atoms with Crippen LogP contribution in [0.3, 0.4) is 0 Å². The van der Waals surface area contributed by atoms with E-state index < -0.39 is 6.10 Å². The lowest BCUT2D eigenvalue weighted by Gasteiger charge is -2.23. The van der Waals surface area contributed by atoms with Crippen molar-refractivity contribution in [1.82, 2.24) is 0 Å². The van der Waals surface area contributed by atoms with E-state index in [4.69, 9.17) is 14.9 Å². The Morgan fingerprint density at radius 2 is 2.00 bits per heavy atom. The second-order valence-corrected chi connectivity index (χ2v) is 4.97. The molecule has 0 amide bonds. The summed E-state index contributed by atoms with van der Waals surface area (Å²) in [6, 6.07) is 7.97. The van der Waals surface area contributed by atoms with Gasteiger partial charge in [-0.05, 0) is 44.0 Å². The Labute approximate surface area is 118 Å². The van der Waals surface area contributed by atoms with E-state index in [1.165, 1.54) is 12.1 Å². The molecule has 1 aromatic heterocycles. The molecule has 108 valence electrons. The fourth-order valence-electron chi connectivity index (χ4n) is 2.01. The second kappa shape index (κ2) is 6.09. The van der Waals surface area contributed by atoms with Crippen LogP contribution >= 0.6 is 0 Å². The molecule has 0 saturated carbocycles. The van der Waals surface area contributed by atoms with Crippen LogP contribution in [-0.4, -0.2) is 6.04 Å². The van der Waals surface area contributed by atoms with Gasteiger partial charge < -0.3 is 14.9 Å². The molecule has 0 aliphatic carbocycles. The molecule has 1 aromatic carbocycles. The fraction of sp³-hybridized carbons (Fsp3) is 0.375. The van der Waals surface area contributed by atoms with E-state index in [9.17, 15) is 4.39 Å². The Morgan fingerprint density at radius 3 is 2.60 bits per heavy atom. The van der Waals surface area contributed by atoms with Crippen LogP contribution in [0, 0.1) is 19.7 Å². The van der Waals surface area contributed by atoms with Gasteiger partial charge in [0, 0.05) is 12.1 Å². The van der Waals surface area contributed by atoms with Gasteiger partial charge >= 0.3 is 0 Å². The molecule has 1 heterocycles. The molecule has 2 aromatic rings. The number of hydrogen-bond donors (Lipinski definition) is 1. The maximum absolute atomic E-state index is 13.4. The Balaban J connectivity index is 2.30. The normalized spacial score (nSPS) is 14.1. The van der Waals surface area contributed by atoms with Crippen LogP contribution in [0.5, 0.6) is 5.75 Å². The first-order valence-corrected chi connectivity index (χ1v) is 6.76. The molecule has 2 unspecified atom stereocenters. The molecule has 3 nitrogen and oxygen atoms in total. The Hall–Kier alpha value is -1.81. The minimum atomic E-state index is -0.422. The molecule has 2 N–H and O–H groups in total. The summed E-state index contributed by atoms with van der Waals surface area (Å²) in [5.74, 6) is 1.63. The summed E-state index contributed by atoms with van der Waals surface area (Å²) in [7, 11) is 0. The largest absolute Gasteiger partial charge is 0.480 e. The highest BCUT2D eigenvalue weighted by molar-refractivity contribution is 5.33. The van der Waals surface area contributed by atoms with Gasteiger partial charge in [-0.25, -0.2) is 4.39 Å². The molecule has 4 heteroatoms. The van der Waals surface area contributed by atoms with Gasteiger partial charge in [0.2, 0.25) is 0 Å². The Bertz CT molecular complexity index is 580. The van der Waals surface area contributed by atoms with Crippen molar-refractivity contribution in [2.24, 2.45) is 5.73 Å². The predicted octanol–water partition coefficient (Wildman–Crippen LogP) is 3.89. The van der Waals surface area contributed by atoms with Gasteiger partial charge in [-0.3, -0.25) is 0 Å². The third kappa shape index (κ3) is 3.20. The molecular weight excluding hydrogens is 257 g/mol. The van der Waals surface area contributed by atoms with Crippen molar-refractivity contribution in [2.45, 2.75) is 39.3 Å². The highest BCUT2D eigenvalue weighted by Crippen LogP contribution is 2.29. The smallest absolute Gasteiger partial charge is 0.171 e. The van der Waals surface area contributed by atoms with Crippen molar-refractivity contribution in [3.63, 3.8) is 0 Å². The van der Waals surface area contributed by atoms with E-state index in [-0.39, 0.29) is 11.9 Å². The summed E-state index contributed by atoms with van der Waals surface area (Å²) in [5.41, 5.74) is 6.98. The van der Waals surface area contributed by atoms with Crippen LogP contribution in [0.15, 0.2) is 34.7 Å². The zero-order chi connectivity index (χ0) is 14.7. The summed E-state index contributed by atoms with van der Waals surface area (Å²) in [5, 5.41) is 0. The standard InChI is InChI=1S/C16H20FNO2/c1-4-13(18)16(14-8-6-11(3)19-14)20-15-9-12(17)7-5-10(15)2/h5-9,13,16H,4,18H2,1-3H3. The van der Waals surface area contributed by atoms with Crippen molar-refractivity contribution >= 4 is 0 Å². The molecule has 0 radical (unpaired) electrons. The Morgan fingerprint density at radius 1 is 1.25 bits per heavy atom. The molecule has 2 atom stereocenters. The maximum atomic E-state index is 13.4. The van der Waals surface area contributed by atoms with Gasteiger partial charge in [-0.1, -0.05) is 13.0 Å². The highest BCUT2D eigenvalue weighted by atomic mass is 19.1. The van der Waals surface area contributed by atoms with Gasteiger partial charge in [0.05, 0.1) is 0 Å². The van der Waals surface area contributed by atoms with Gasteiger partial charge in [0.15, 0.2) is 6.10 Å². The maximum Gasteiger partial charge on any atom is 0.171 e. The molecule has 0 saturated heterocycles. The molecule has 0 aliphatic heterocycles. The van der Waals surface area contributed by atoms with Gasteiger partial charge in [0.25, 0.3) is 0 Å². The van der Waals surface area contributed by atoms with Crippen LogP contribution in [0.2, 0.25) is 0 Å². The minimum Gasteiger partial charge on any atom is -0.480 e. The van der Waals surface area contributed by atoms with E-state index in [2.05, 4.69) is 0 Å². The molecule has 0 aliphatic rings. The van der Waals surface area contributed by atoms with Crippen molar-refractivity contribution < 1.29 is 13.5 Å². The van der Waals surface area contributed by atoms with E-state index >= 15 is 0 Å². The summed E-state index contributed by atoms with van der Waals surface area (Å²) in [4.78, 5) is 0. The average molecular weight is 277 g/mol. The molecule has 0 fully saturated rings. The highest BCUT2D eigenvalue weighted by Gasteiger charge is 2.24. The van der Waals surface area contributed by atoms with E-state index in [0.717, 1.165) is 17.7 Å². The van der Waals surface area contributed by atoms with Crippen LogP contribution in [0.1, 0.15) is 36.5 Å². The third-order valence-corrected chi connectivity index (χ3v) is 3.31. The van der Waals surface area contributed by atoms with E-state index in [1.807, 2.05) is 32.9 Å². The minimum absolute atomic E-state index is 0.219.